The van der Waals surface area contributed by atoms with Gasteiger partial charge in [0.1, 0.15) is 0 Å². The second-order valence-corrected chi connectivity index (χ2v) is 9.12. The third kappa shape index (κ3) is 14.6. The molecule has 0 bridgehead atoms. The molecule has 0 radical (unpaired) electrons. The van der Waals surface area contributed by atoms with E-state index in [9.17, 15) is 5.11 Å². The first-order valence-corrected chi connectivity index (χ1v) is 12.9. The lowest BCUT2D eigenvalue weighted by Crippen LogP contribution is -2.38. The van der Waals surface area contributed by atoms with E-state index in [0.29, 0.717) is 5.92 Å². The molecule has 164 valence electrons. The van der Waals surface area contributed by atoms with E-state index in [1.807, 2.05) is 0 Å². The van der Waals surface area contributed by atoms with Crippen molar-refractivity contribution < 1.29 is 5.11 Å². The van der Waals surface area contributed by atoms with Gasteiger partial charge in [-0.05, 0) is 31.6 Å². The standard InChI is InChI=1S/C26H54O/c1-5-9-13-17-21-25(22-18-14-10-6-2)26(27,23-19-15-11-7-3)24-20-16-12-8-4/h25,27H,5-24H2,1-4H3. The molecule has 0 unspecified atom stereocenters. The van der Waals surface area contributed by atoms with Crippen LogP contribution in [0.15, 0.2) is 0 Å². The van der Waals surface area contributed by atoms with Gasteiger partial charge in [0.15, 0.2) is 0 Å². The van der Waals surface area contributed by atoms with Crippen LogP contribution in [0.1, 0.15) is 156 Å². The van der Waals surface area contributed by atoms with Crippen LogP contribution in [0, 0.1) is 5.92 Å². The number of rotatable bonds is 21. The number of hydrogen-bond acceptors (Lipinski definition) is 1. The smallest absolute Gasteiger partial charge is 0.0675 e. The summed E-state index contributed by atoms with van der Waals surface area (Å²) >= 11 is 0. The fourth-order valence-electron chi connectivity index (χ4n) is 4.57. The average Bonchev–Trinajstić information content (AvgIpc) is 2.67. The van der Waals surface area contributed by atoms with E-state index >= 15 is 0 Å². The Bertz CT molecular complexity index is 262. The lowest BCUT2D eigenvalue weighted by Gasteiger charge is -2.37. The van der Waals surface area contributed by atoms with Crippen LogP contribution >= 0.6 is 0 Å². The van der Waals surface area contributed by atoms with Crippen LogP contribution in [0.4, 0.5) is 0 Å². The maximum Gasteiger partial charge on any atom is 0.0675 e. The van der Waals surface area contributed by atoms with E-state index < -0.39 is 0 Å². The van der Waals surface area contributed by atoms with Crippen molar-refractivity contribution in [3.8, 4) is 0 Å². The Labute approximate surface area is 173 Å². The summed E-state index contributed by atoms with van der Waals surface area (Å²) in [5.41, 5.74) is -0.389. The predicted molar refractivity (Wildman–Crippen MR) is 123 cm³/mol. The highest BCUT2D eigenvalue weighted by molar-refractivity contribution is 4.87. The third-order valence-electron chi connectivity index (χ3n) is 6.50. The molecule has 0 saturated heterocycles. The van der Waals surface area contributed by atoms with Gasteiger partial charge in [0.05, 0.1) is 5.60 Å². The highest BCUT2D eigenvalue weighted by Gasteiger charge is 2.34. The zero-order valence-corrected chi connectivity index (χ0v) is 19.7. The zero-order chi connectivity index (χ0) is 20.2. The summed E-state index contributed by atoms with van der Waals surface area (Å²) in [4.78, 5) is 0. The lowest BCUT2D eigenvalue weighted by molar-refractivity contribution is -0.0456. The SMILES string of the molecule is CCCCCCC(CCCCCC)C(O)(CCCCCC)CCCCCC. The molecular weight excluding hydrogens is 328 g/mol. The molecule has 27 heavy (non-hydrogen) atoms. The highest BCUT2D eigenvalue weighted by atomic mass is 16.3. The molecule has 0 fully saturated rings. The molecule has 0 aliphatic heterocycles. The van der Waals surface area contributed by atoms with Gasteiger partial charge in [-0.3, -0.25) is 0 Å². The molecule has 0 aromatic rings. The molecule has 0 saturated carbocycles. The van der Waals surface area contributed by atoms with Crippen LogP contribution in [0.5, 0.6) is 0 Å². The van der Waals surface area contributed by atoms with Crippen LogP contribution in [0.25, 0.3) is 0 Å². The topological polar surface area (TPSA) is 20.2 Å². The van der Waals surface area contributed by atoms with Crippen molar-refractivity contribution in [2.75, 3.05) is 0 Å². The fraction of sp³-hybridized carbons (Fsp3) is 1.00. The molecule has 1 nitrogen and oxygen atoms in total. The van der Waals surface area contributed by atoms with Crippen LogP contribution in [-0.2, 0) is 0 Å². The Hall–Kier alpha value is -0.0400. The molecule has 1 N–H and O–H groups in total. The van der Waals surface area contributed by atoms with Crippen LogP contribution in [0.2, 0.25) is 0 Å². The first-order valence-electron chi connectivity index (χ1n) is 12.9. The molecule has 0 aliphatic rings. The Morgan fingerprint density at radius 2 is 0.815 bits per heavy atom. The maximum absolute atomic E-state index is 11.8. The second-order valence-electron chi connectivity index (χ2n) is 9.12. The van der Waals surface area contributed by atoms with Gasteiger partial charge in [-0.15, -0.1) is 0 Å². The van der Waals surface area contributed by atoms with Crippen molar-refractivity contribution in [2.24, 2.45) is 5.92 Å². The van der Waals surface area contributed by atoms with Gasteiger partial charge in [-0.25, -0.2) is 0 Å². The summed E-state index contributed by atoms with van der Waals surface area (Å²) in [6, 6.07) is 0. The Balaban J connectivity index is 4.81. The Morgan fingerprint density at radius 3 is 1.15 bits per heavy atom. The van der Waals surface area contributed by atoms with Crippen molar-refractivity contribution in [2.45, 2.75) is 162 Å². The van der Waals surface area contributed by atoms with Crippen molar-refractivity contribution >= 4 is 0 Å². The van der Waals surface area contributed by atoms with E-state index in [2.05, 4.69) is 27.7 Å². The second kappa shape index (κ2) is 19.3. The number of aliphatic hydroxyl groups is 1. The van der Waals surface area contributed by atoms with Gasteiger partial charge in [0.2, 0.25) is 0 Å². The first kappa shape index (κ1) is 27.0. The molecule has 1 heteroatoms. The minimum atomic E-state index is -0.389. The average molecular weight is 383 g/mol. The van der Waals surface area contributed by atoms with Crippen molar-refractivity contribution in [1.29, 1.82) is 0 Å². The molecular formula is C26H54O. The molecule has 0 aliphatic carbocycles. The molecule has 0 atom stereocenters. The van der Waals surface area contributed by atoms with E-state index in [-0.39, 0.29) is 5.60 Å². The lowest BCUT2D eigenvalue weighted by atomic mass is 9.74. The van der Waals surface area contributed by atoms with E-state index in [1.165, 1.54) is 116 Å². The third-order valence-corrected chi connectivity index (χ3v) is 6.50. The van der Waals surface area contributed by atoms with Crippen LogP contribution in [-0.4, -0.2) is 10.7 Å². The van der Waals surface area contributed by atoms with Gasteiger partial charge in [0, 0.05) is 0 Å². The summed E-state index contributed by atoms with van der Waals surface area (Å²) in [6.45, 7) is 9.14. The van der Waals surface area contributed by atoms with E-state index in [1.54, 1.807) is 0 Å². The molecule has 0 rings (SSSR count). The summed E-state index contributed by atoms with van der Waals surface area (Å²) in [5, 5.41) is 11.8. The molecule has 0 spiro atoms. The Morgan fingerprint density at radius 1 is 0.481 bits per heavy atom. The quantitative estimate of drug-likeness (QED) is 0.196. The number of hydrogen-bond donors (Lipinski definition) is 1. The minimum Gasteiger partial charge on any atom is -0.390 e. The van der Waals surface area contributed by atoms with Gasteiger partial charge < -0.3 is 5.11 Å². The largest absolute Gasteiger partial charge is 0.390 e. The van der Waals surface area contributed by atoms with Gasteiger partial charge in [-0.1, -0.05) is 130 Å². The van der Waals surface area contributed by atoms with Crippen LogP contribution < -0.4 is 0 Å². The minimum absolute atomic E-state index is 0.389. The molecule has 0 amide bonds. The molecule has 0 heterocycles. The number of unbranched alkanes of at least 4 members (excludes halogenated alkanes) is 12. The Kier molecular flexibility index (Phi) is 19.3. The highest BCUT2D eigenvalue weighted by Crippen LogP contribution is 2.37. The summed E-state index contributed by atoms with van der Waals surface area (Å²) in [7, 11) is 0. The summed E-state index contributed by atoms with van der Waals surface area (Å²) in [5.74, 6) is 0.537. The van der Waals surface area contributed by atoms with Crippen molar-refractivity contribution in [3.63, 3.8) is 0 Å². The van der Waals surface area contributed by atoms with Crippen molar-refractivity contribution in [1.82, 2.24) is 0 Å². The predicted octanol–water partition coefficient (Wildman–Crippen LogP) is 9.22. The van der Waals surface area contributed by atoms with E-state index in [0.717, 1.165) is 12.8 Å². The summed E-state index contributed by atoms with van der Waals surface area (Å²) < 4.78 is 0. The first-order chi connectivity index (χ1) is 13.1. The van der Waals surface area contributed by atoms with Crippen LogP contribution in [0.3, 0.4) is 0 Å². The van der Waals surface area contributed by atoms with Gasteiger partial charge in [0.25, 0.3) is 0 Å². The zero-order valence-electron chi connectivity index (χ0n) is 19.7. The molecule has 0 aromatic heterocycles. The van der Waals surface area contributed by atoms with Crippen molar-refractivity contribution in [3.05, 3.63) is 0 Å². The molecule has 0 aromatic carbocycles. The normalized spacial score (nSPS) is 12.2. The van der Waals surface area contributed by atoms with E-state index in [4.69, 9.17) is 0 Å². The van der Waals surface area contributed by atoms with Gasteiger partial charge in [-0.2, -0.15) is 0 Å². The van der Waals surface area contributed by atoms with Gasteiger partial charge >= 0.3 is 0 Å². The monoisotopic (exact) mass is 382 g/mol. The summed E-state index contributed by atoms with van der Waals surface area (Å²) in [6.07, 6.45) is 25.5. The fourth-order valence-corrected chi connectivity index (χ4v) is 4.57. The maximum atomic E-state index is 11.8.